The van der Waals surface area contributed by atoms with E-state index in [9.17, 15) is 31.2 Å². The predicted octanol–water partition coefficient (Wildman–Crippen LogP) is 3.68. The summed E-state index contributed by atoms with van der Waals surface area (Å²) in [7, 11) is -3.66. The Balaban J connectivity index is 1.59. The van der Waals surface area contributed by atoms with Crippen molar-refractivity contribution in [1.82, 2.24) is 4.31 Å². The lowest BCUT2D eigenvalue weighted by molar-refractivity contribution is -0.137. The molecule has 0 spiro atoms. The standard InChI is InChI=1S/C21H21F3N2O5S/c22-21(23,24)17-6-2-3-7-18(17)25-19(27)14-31-20(28)15-8-10-16(11-9-15)32(29,30)26-12-4-1-5-13-26/h2-3,6-11H,1,4-5,12-14H2,(H,25,27). The molecule has 11 heteroatoms. The molecule has 0 unspecified atom stereocenters. The molecule has 1 amide bonds. The van der Waals surface area contributed by atoms with E-state index < -0.39 is 45.9 Å². The number of amides is 1. The Morgan fingerprint density at radius 3 is 2.22 bits per heavy atom. The molecule has 1 heterocycles. The van der Waals surface area contributed by atoms with Crippen LogP contribution in [0.5, 0.6) is 0 Å². The van der Waals surface area contributed by atoms with E-state index in [1.165, 1.54) is 40.7 Å². The first-order valence-corrected chi connectivity index (χ1v) is 11.3. The van der Waals surface area contributed by atoms with Crippen LogP contribution in [0.15, 0.2) is 53.4 Å². The Hall–Kier alpha value is -2.92. The highest BCUT2D eigenvalue weighted by Crippen LogP contribution is 2.34. The Morgan fingerprint density at radius 2 is 1.59 bits per heavy atom. The third-order valence-electron chi connectivity index (χ3n) is 4.88. The molecular formula is C21H21F3N2O5S. The second-order valence-corrected chi connectivity index (χ2v) is 9.09. The quantitative estimate of drug-likeness (QED) is 0.651. The number of para-hydroxylation sites is 1. The van der Waals surface area contributed by atoms with E-state index >= 15 is 0 Å². The van der Waals surface area contributed by atoms with Crippen molar-refractivity contribution in [2.24, 2.45) is 0 Å². The van der Waals surface area contributed by atoms with Gasteiger partial charge in [0.2, 0.25) is 10.0 Å². The zero-order valence-electron chi connectivity index (χ0n) is 16.9. The minimum absolute atomic E-state index is 0.00564. The zero-order valence-corrected chi connectivity index (χ0v) is 17.7. The largest absolute Gasteiger partial charge is 0.452 e. The summed E-state index contributed by atoms with van der Waals surface area (Å²) in [5.41, 5.74) is -1.47. The lowest BCUT2D eigenvalue weighted by Crippen LogP contribution is -2.35. The lowest BCUT2D eigenvalue weighted by atomic mass is 10.1. The molecule has 0 saturated carbocycles. The van der Waals surface area contributed by atoms with Gasteiger partial charge in [0, 0.05) is 13.1 Å². The van der Waals surface area contributed by atoms with E-state index in [-0.39, 0.29) is 10.5 Å². The van der Waals surface area contributed by atoms with Gasteiger partial charge in [-0.2, -0.15) is 17.5 Å². The van der Waals surface area contributed by atoms with E-state index in [2.05, 4.69) is 5.32 Å². The highest BCUT2D eigenvalue weighted by atomic mass is 32.2. The molecule has 0 radical (unpaired) electrons. The molecule has 3 rings (SSSR count). The minimum Gasteiger partial charge on any atom is -0.452 e. The van der Waals surface area contributed by atoms with Crippen molar-refractivity contribution in [3.8, 4) is 0 Å². The number of rotatable bonds is 6. The first-order chi connectivity index (χ1) is 15.1. The minimum atomic E-state index is -4.66. The predicted molar refractivity (Wildman–Crippen MR) is 109 cm³/mol. The molecule has 1 fully saturated rings. The van der Waals surface area contributed by atoms with Gasteiger partial charge < -0.3 is 10.1 Å². The summed E-state index contributed by atoms with van der Waals surface area (Å²) < 4.78 is 70.5. The number of esters is 1. The molecule has 2 aromatic rings. The fourth-order valence-corrected chi connectivity index (χ4v) is 4.77. The number of sulfonamides is 1. The maximum absolute atomic E-state index is 13.0. The molecule has 2 aromatic carbocycles. The normalized spacial score (nSPS) is 15.2. The molecule has 0 aliphatic carbocycles. The van der Waals surface area contributed by atoms with Crippen LogP contribution in [-0.4, -0.2) is 44.3 Å². The van der Waals surface area contributed by atoms with Gasteiger partial charge in [0.1, 0.15) is 0 Å². The van der Waals surface area contributed by atoms with Crippen LogP contribution in [0.3, 0.4) is 0 Å². The molecule has 1 aliphatic rings. The second kappa shape index (κ2) is 9.70. The first-order valence-electron chi connectivity index (χ1n) is 9.82. The molecule has 1 aliphatic heterocycles. The third-order valence-corrected chi connectivity index (χ3v) is 6.80. The van der Waals surface area contributed by atoms with Gasteiger partial charge in [-0.05, 0) is 49.2 Å². The highest BCUT2D eigenvalue weighted by Gasteiger charge is 2.33. The van der Waals surface area contributed by atoms with Gasteiger partial charge in [-0.1, -0.05) is 18.6 Å². The summed E-state index contributed by atoms with van der Waals surface area (Å²) in [6.45, 7) is 0.0796. The maximum atomic E-state index is 13.0. The second-order valence-electron chi connectivity index (χ2n) is 7.16. The van der Waals surface area contributed by atoms with Crippen molar-refractivity contribution >= 4 is 27.6 Å². The average Bonchev–Trinajstić information content (AvgIpc) is 2.78. The van der Waals surface area contributed by atoms with Crippen LogP contribution < -0.4 is 5.32 Å². The number of hydrogen-bond donors (Lipinski definition) is 1. The van der Waals surface area contributed by atoms with E-state index in [0.29, 0.717) is 13.1 Å². The van der Waals surface area contributed by atoms with Gasteiger partial charge in [-0.3, -0.25) is 4.79 Å². The average molecular weight is 470 g/mol. The van der Waals surface area contributed by atoms with Crippen molar-refractivity contribution in [2.75, 3.05) is 25.0 Å². The summed E-state index contributed by atoms with van der Waals surface area (Å²) in [5.74, 6) is -1.86. The fraction of sp³-hybridized carbons (Fsp3) is 0.333. The maximum Gasteiger partial charge on any atom is 0.418 e. The van der Waals surface area contributed by atoms with Crippen LogP contribution in [0.25, 0.3) is 0 Å². The van der Waals surface area contributed by atoms with E-state index in [4.69, 9.17) is 4.74 Å². The first kappa shape index (κ1) is 23.7. The highest BCUT2D eigenvalue weighted by molar-refractivity contribution is 7.89. The number of hydrogen-bond acceptors (Lipinski definition) is 5. The number of carbonyl (C=O) groups is 2. The topological polar surface area (TPSA) is 92.8 Å². The van der Waals surface area contributed by atoms with Crippen molar-refractivity contribution in [3.63, 3.8) is 0 Å². The van der Waals surface area contributed by atoms with Crippen molar-refractivity contribution in [3.05, 3.63) is 59.7 Å². The third kappa shape index (κ3) is 5.65. The van der Waals surface area contributed by atoms with Gasteiger partial charge in [0.05, 0.1) is 21.7 Å². The van der Waals surface area contributed by atoms with Gasteiger partial charge in [0.15, 0.2) is 6.61 Å². The van der Waals surface area contributed by atoms with Crippen LogP contribution in [0, 0.1) is 0 Å². The Bertz CT molecular complexity index is 1080. The van der Waals surface area contributed by atoms with Crippen LogP contribution in [0.2, 0.25) is 0 Å². The zero-order chi connectivity index (χ0) is 23.4. The van der Waals surface area contributed by atoms with E-state index in [1.807, 2.05) is 0 Å². The number of nitrogens with zero attached hydrogens (tertiary/aromatic N) is 1. The molecule has 0 atom stereocenters. The Kier molecular flexibility index (Phi) is 7.19. The van der Waals surface area contributed by atoms with Crippen LogP contribution in [0.1, 0.15) is 35.2 Å². The molecule has 0 aromatic heterocycles. The summed E-state index contributed by atoms with van der Waals surface area (Å²) in [6.07, 6.45) is -2.10. The fourth-order valence-electron chi connectivity index (χ4n) is 3.26. The Morgan fingerprint density at radius 1 is 0.969 bits per heavy atom. The molecule has 32 heavy (non-hydrogen) atoms. The summed E-state index contributed by atoms with van der Waals surface area (Å²) in [6, 6.07) is 9.50. The number of benzene rings is 2. The van der Waals surface area contributed by atoms with Crippen molar-refractivity contribution < 1.29 is 35.9 Å². The van der Waals surface area contributed by atoms with E-state index in [0.717, 1.165) is 31.4 Å². The van der Waals surface area contributed by atoms with E-state index in [1.54, 1.807) is 0 Å². The number of carbonyl (C=O) groups excluding carboxylic acids is 2. The van der Waals surface area contributed by atoms with Gasteiger partial charge in [0.25, 0.3) is 5.91 Å². The molecule has 1 saturated heterocycles. The summed E-state index contributed by atoms with van der Waals surface area (Å²) in [5, 5.41) is 2.07. The summed E-state index contributed by atoms with van der Waals surface area (Å²) >= 11 is 0. The Labute approximate surface area is 183 Å². The molecule has 0 bridgehead atoms. The molecule has 172 valence electrons. The van der Waals surface area contributed by atoms with Gasteiger partial charge in [-0.25, -0.2) is 13.2 Å². The smallest absolute Gasteiger partial charge is 0.418 e. The number of nitrogens with one attached hydrogen (secondary N) is 1. The van der Waals surface area contributed by atoms with Gasteiger partial charge in [-0.15, -0.1) is 0 Å². The van der Waals surface area contributed by atoms with Gasteiger partial charge >= 0.3 is 12.1 Å². The van der Waals surface area contributed by atoms with Crippen LogP contribution in [-0.2, 0) is 25.7 Å². The summed E-state index contributed by atoms with van der Waals surface area (Å²) in [4.78, 5) is 24.1. The van der Waals surface area contributed by atoms with Crippen molar-refractivity contribution in [2.45, 2.75) is 30.3 Å². The number of ether oxygens (including phenoxy) is 1. The lowest BCUT2D eigenvalue weighted by Gasteiger charge is -2.25. The molecular weight excluding hydrogens is 449 g/mol. The molecule has 7 nitrogen and oxygen atoms in total. The van der Waals surface area contributed by atoms with Crippen LogP contribution >= 0.6 is 0 Å². The monoisotopic (exact) mass is 470 g/mol. The SMILES string of the molecule is O=C(COC(=O)c1ccc(S(=O)(=O)N2CCCCC2)cc1)Nc1ccccc1C(F)(F)F. The number of halogens is 3. The number of alkyl halides is 3. The molecule has 1 N–H and O–H groups in total. The number of anilines is 1. The van der Waals surface area contributed by atoms with Crippen molar-refractivity contribution in [1.29, 1.82) is 0 Å². The van der Waals surface area contributed by atoms with Crippen LogP contribution in [0.4, 0.5) is 18.9 Å². The number of piperidine rings is 1.